The predicted molar refractivity (Wildman–Crippen MR) is 87.3 cm³/mol. The first-order valence-corrected chi connectivity index (χ1v) is 8.77. The van der Waals surface area contributed by atoms with Crippen molar-refractivity contribution < 1.29 is 4.74 Å². The van der Waals surface area contributed by atoms with Crippen molar-refractivity contribution in [1.82, 2.24) is 4.90 Å². The summed E-state index contributed by atoms with van der Waals surface area (Å²) in [4.78, 5) is 2.50. The number of hydrogen-bond acceptors (Lipinski definition) is 2. The van der Waals surface area contributed by atoms with Crippen molar-refractivity contribution >= 4 is 31.9 Å². The van der Waals surface area contributed by atoms with E-state index in [4.69, 9.17) is 4.74 Å². The van der Waals surface area contributed by atoms with Gasteiger partial charge in [-0.2, -0.15) is 0 Å². The largest absolute Gasteiger partial charge is 0.493 e. The van der Waals surface area contributed by atoms with Crippen LogP contribution in [-0.2, 0) is 13.0 Å². The minimum absolute atomic E-state index is 0.551. The van der Waals surface area contributed by atoms with Gasteiger partial charge in [-0.25, -0.2) is 0 Å². The van der Waals surface area contributed by atoms with Crippen molar-refractivity contribution in [2.45, 2.75) is 39.3 Å². The number of hydrogen-bond donors (Lipinski definition) is 0. The second kappa shape index (κ2) is 7.09. The first kappa shape index (κ1) is 15.3. The molecule has 0 radical (unpaired) electrons. The first-order chi connectivity index (χ1) is 9.11. The topological polar surface area (TPSA) is 12.5 Å². The Hall–Kier alpha value is -0.0600. The van der Waals surface area contributed by atoms with E-state index in [1.165, 1.54) is 17.5 Å². The van der Waals surface area contributed by atoms with Gasteiger partial charge in [0.15, 0.2) is 0 Å². The van der Waals surface area contributed by atoms with Crippen LogP contribution in [-0.4, -0.2) is 29.4 Å². The number of halogens is 2. The van der Waals surface area contributed by atoms with Gasteiger partial charge in [-0.3, -0.25) is 4.90 Å². The SMILES string of the molecule is CC(C)N(CCCBr)Cc1cc(Br)cc2c1OCC2. The molecule has 0 saturated heterocycles. The van der Waals surface area contributed by atoms with Crippen molar-refractivity contribution in [3.63, 3.8) is 0 Å². The third-order valence-electron chi connectivity index (χ3n) is 3.51. The Morgan fingerprint density at radius 3 is 2.84 bits per heavy atom. The lowest BCUT2D eigenvalue weighted by molar-refractivity contribution is 0.211. The highest BCUT2D eigenvalue weighted by atomic mass is 79.9. The third-order valence-corrected chi connectivity index (χ3v) is 4.53. The molecule has 0 N–H and O–H groups in total. The van der Waals surface area contributed by atoms with E-state index >= 15 is 0 Å². The maximum Gasteiger partial charge on any atom is 0.127 e. The zero-order chi connectivity index (χ0) is 13.8. The Morgan fingerprint density at radius 2 is 2.16 bits per heavy atom. The molecule has 0 fully saturated rings. The molecule has 0 aliphatic carbocycles. The maximum atomic E-state index is 5.81. The van der Waals surface area contributed by atoms with Crippen molar-refractivity contribution in [2.75, 3.05) is 18.5 Å². The van der Waals surface area contributed by atoms with Crippen LogP contribution in [0.4, 0.5) is 0 Å². The molecule has 0 unspecified atom stereocenters. The lowest BCUT2D eigenvalue weighted by Gasteiger charge is -2.27. The minimum atomic E-state index is 0.551. The molecule has 0 saturated carbocycles. The molecular formula is C15H21Br2NO. The lowest BCUT2D eigenvalue weighted by Crippen LogP contribution is -2.31. The number of fused-ring (bicyclic) bond motifs is 1. The molecule has 106 valence electrons. The van der Waals surface area contributed by atoms with Crippen LogP contribution in [0, 0.1) is 0 Å². The summed E-state index contributed by atoms with van der Waals surface area (Å²) in [6, 6.07) is 4.94. The molecule has 1 aromatic carbocycles. The number of rotatable bonds is 6. The molecule has 1 aliphatic rings. The van der Waals surface area contributed by atoms with E-state index in [9.17, 15) is 0 Å². The van der Waals surface area contributed by atoms with Gasteiger partial charge in [-0.15, -0.1) is 0 Å². The second-order valence-electron chi connectivity index (χ2n) is 5.26. The van der Waals surface area contributed by atoms with Gasteiger partial charge >= 0.3 is 0 Å². The molecule has 1 aliphatic heterocycles. The summed E-state index contributed by atoms with van der Waals surface area (Å²) in [6.07, 6.45) is 2.21. The van der Waals surface area contributed by atoms with E-state index in [1.807, 2.05) is 0 Å². The van der Waals surface area contributed by atoms with Crippen LogP contribution in [0.3, 0.4) is 0 Å². The van der Waals surface area contributed by atoms with E-state index in [1.54, 1.807) is 0 Å². The Labute approximate surface area is 132 Å². The summed E-state index contributed by atoms with van der Waals surface area (Å²) in [7, 11) is 0. The molecule has 0 spiro atoms. The standard InChI is InChI=1S/C15H21Br2NO/c1-11(2)18(6-3-5-16)10-13-9-14(17)8-12-4-7-19-15(12)13/h8-9,11H,3-7,10H2,1-2H3. The minimum Gasteiger partial charge on any atom is -0.493 e. The van der Waals surface area contributed by atoms with Gasteiger partial charge in [0.2, 0.25) is 0 Å². The van der Waals surface area contributed by atoms with Crippen LogP contribution in [0.15, 0.2) is 16.6 Å². The highest BCUT2D eigenvalue weighted by Crippen LogP contribution is 2.34. The quantitative estimate of drug-likeness (QED) is 0.668. The molecule has 0 aromatic heterocycles. The van der Waals surface area contributed by atoms with Gasteiger partial charge in [-0.05, 0) is 44.5 Å². The van der Waals surface area contributed by atoms with E-state index in [0.29, 0.717) is 6.04 Å². The summed E-state index contributed by atoms with van der Waals surface area (Å²) in [5.74, 6) is 1.12. The number of ether oxygens (including phenoxy) is 1. The van der Waals surface area contributed by atoms with Crippen LogP contribution in [0.25, 0.3) is 0 Å². The Morgan fingerprint density at radius 1 is 1.37 bits per heavy atom. The lowest BCUT2D eigenvalue weighted by atomic mass is 10.1. The maximum absolute atomic E-state index is 5.81. The Kier molecular flexibility index (Phi) is 5.72. The monoisotopic (exact) mass is 389 g/mol. The van der Waals surface area contributed by atoms with Crippen molar-refractivity contribution in [1.29, 1.82) is 0 Å². The summed E-state index contributed by atoms with van der Waals surface area (Å²) < 4.78 is 6.98. The molecule has 0 atom stereocenters. The predicted octanol–water partition coefficient (Wildman–Crippen LogP) is 4.38. The fraction of sp³-hybridized carbons (Fsp3) is 0.600. The van der Waals surface area contributed by atoms with Crippen molar-refractivity contribution in [3.05, 3.63) is 27.7 Å². The Bertz CT molecular complexity index is 434. The number of benzene rings is 1. The number of alkyl halides is 1. The van der Waals surface area contributed by atoms with Crippen LogP contribution >= 0.6 is 31.9 Å². The van der Waals surface area contributed by atoms with Crippen LogP contribution < -0.4 is 4.74 Å². The molecule has 1 heterocycles. The zero-order valence-corrected chi connectivity index (χ0v) is 14.8. The molecule has 0 amide bonds. The summed E-state index contributed by atoms with van der Waals surface area (Å²) >= 11 is 7.13. The summed E-state index contributed by atoms with van der Waals surface area (Å²) in [5.41, 5.74) is 2.65. The summed E-state index contributed by atoms with van der Waals surface area (Å²) in [5, 5.41) is 1.06. The zero-order valence-electron chi connectivity index (χ0n) is 11.6. The van der Waals surface area contributed by atoms with Gasteiger partial charge < -0.3 is 4.74 Å². The average molecular weight is 391 g/mol. The van der Waals surface area contributed by atoms with Gasteiger partial charge in [0, 0.05) is 34.4 Å². The van der Waals surface area contributed by atoms with Crippen molar-refractivity contribution in [3.8, 4) is 5.75 Å². The van der Waals surface area contributed by atoms with E-state index < -0.39 is 0 Å². The highest BCUT2D eigenvalue weighted by Gasteiger charge is 2.20. The van der Waals surface area contributed by atoms with Crippen LogP contribution in [0.5, 0.6) is 5.75 Å². The normalized spacial score (nSPS) is 14.0. The molecule has 1 aromatic rings. The third kappa shape index (κ3) is 3.96. The van der Waals surface area contributed by atoms with Gasteiger partial charge in [0.1, 0.15) is 5.75 Å². The molecular weight excluding hydrogens is 370 g/mol. The van der Waals surface area contributed by atoms with Gasteiger partial charge in [0.05, 0.1) is 6.61 Å². The van der Waals surface area contributed by atoms with E-state index in [2.05, 4.69) is 62.7 Å². The fourth-order valence-electron chi connectivity index (χ4n) is 2.46. The number of nitrogens with zero attached hydrogens (tertiary/aromatic N) is 1. The highest BCUT2D eigenvalue weighted by molar-refractivity contribution is 9.10. The van der Waals surface area contributed by atoms with Crippen molar-refractivity contribution in [2.24, 2.45) is 0 Å². The first-order valence-electron chi connectivity index (χ1n) is 6.86. The molecule has 2 rings (SSSR count). The fourth-order valence-corrected chi connectivity index (χ4v) is 3.27. The van der Waals surface area contributed by atoms with E-state index in [-0.39, 0.29) is 0 Å². The molecule has 2 nitrogen and oxygen atoms in total. The van der Waals surface area contributed by atoms with Crippen LogP contribution in [0.2, 0.25) is 0 Å². The molecule has 0 bridgehead atoms. The van der Waals surface area contributed by atoms with Crippen LogP contribution in [0.1, 0.15) is 31.4 Å². The van der Waals surface area contributed by atoms with E-state index in [0.717, 1.165) is 41.7 Å². The second-order valence-corrected chi connectivity index (χ2v) is 6.97. The van der Waals surface area contributed by atoms with Gasteiger partial charge in [0.25, 0.3) is 0 Å². The smallest absolute Gasteiger partial charge is 0.127 e. The molecule has 4 heteroatoms. The summed E-state index contributed by atoms with van der Waals surface area (Å²) in [6.45, 7) is 7.42. The Balaban J connectivity index is 2.17. The van der Waals surface area contributed by atoms with Gasteiger partial charge in [-0.1, -0.05) is 31.9 Å². The average Bonchev–Trinajstić information content (AvgIpc) is 2.81. The molecule has 19 heavy (non-hydrogen) atoms.